The number of nitrogens with one attached hydrogen (secondary N) is 2. The second-order valence-electron chi connectivity index (χ2n) is 11.8. The highest BCUT2D eigenvalue weighted by atomic mass is 32.1. The fraction of sp³-hybridized carbons (Fsp3) is 0.556. The van der Waals surface area contributed by atoms with Gasteiger partial charge in [0.05, 0.1) is 23.5 Å². The SMILES string of the molecule is CC1(C)Cc2cnc(N)nc2-c2[nH]nc(C(=O)Nc3nc(CC(=O)N4CCC(N5CCC(F)(F)CC5)CC4)cs3)c21. The third-order valence-corrected chi connectivity index (χ3v) is 9.18. The molecule has 2 amide bonds. The molecule has 0 aromatic carbocycles. The van der Waals surface area contributed by atoms with E-state index in [9.17, 15) is 18.4 Å². The van der Waals surface area contributed by atoms with Crippen molar-refractivity contribution in [1.82, 2.24) is 34.9 Å². The van der Waals surface area contributed by atoms with Gasteiger partial charge in [-0.25, -0.2) is 23.7 Å². The minimum Gasteiger partial charge on any atom is -0.368 e. The lowest BCUT2D eigenvalue weighted by Crippen LogP contribution is -2.50. The van der Waals surface area contributed by atoms with Gasteiger partial charge in [0.1, 0.15) is 0 Å². The molecule has 0 atom stereocenters. The summed E-state index contributed by atoms with van der Waals surface area (Å²) in [5.41, 5.74) is 9.26. The summed E-state index contributed by atoms with van der Waals surface area (Å²) < 4.78 is 27.0. The van der Waals surface area contributed by atoms with Crippen LogP contribution < -0.4 is 11.1 Å². The van der Waals surface area contributed by atoms with Gasteiger partial charge < -0.3 is 10.6 Å². The van der Waals surface area contributed by atoms with Crippen molar-refractivity contribution in [3.8, 4) is 11.4 Å². The largest absolute Gasteiger partial charge is 0.368 e. The molecule has 218 valence electrons. The van der Waals surface area contributed by atoms with Crippen LogP contribution >= 0.6 is 11.3 Å². The number of thiazole rings is 1. The number of piperidine rings is 2. The van der Waals surface area contributed by atoms with E-state index in [2.05, 4.69) is 35.4 Å². The maximum Gasteiger partial charge on any atom is 0.278 e. The highest BCUT2D eigenvalue weighted by molar-refractivity contribution is 7.14. The van der Waals surface area contributed by atoms with Gasteiger partial charge in [0.25, 0.3) is 11.8 Å². The lowest BCUT2D eigenvalue weighted by atomic mass is 9.73. The number of hydrogen-bond acceptors (Lipinski definition) is 9. The molecule has 2 aliphatic heterocycles. The quantitative estimate of drug-likeness (QED) is 0.414. The first-order chi connectivity index (χ1) is 19.5. The number of anilines is 2. The van der Waals surface area contributed by atoms with E-state index in [0.29, 0.717) is 54.8 Å². The zero-order chi connectivity index (χ0) is 28.9. The highest BCUT2D eigenvalue weighted by Crippen LogP contribution is 2.43. The Morgan fingerprint density at radius 3 is 2.63 bits per heavy atom. The van der Waals surface area contributed by atoms with Gasteiger partial charge in [-0.15, -0.1) is 11.3 Å². The number of H-pyrrole nitrogens is 1. The smallest absolute Gasteiger partial charge is 0.278 e. The molecule has 3 aliphatic rings. The zero-order valence-corrected chi connectivity index (χ0v) is 23.9. The first-order valence-corrected chi connectivity index (χ1v) is 14.7. The fourth-order valence-corrected chi connectivity index (χ4v) is 6.94. The molecule has 2 fully saturated rings. The number of alkyl halides is 2. The van der Waals surface area contributed by atoms with E-state index in [1.807, 2.05) is 18.7 Å². The summed E-state index contributed by atoms with van der Waals surface area (Å²) in [6, 6.07) is 0.243. The number of carbonyl (C=O) groups excluding carboxylic acids is 2. The van der Waals surface area contributed by atoms with Crippen LogP contribution in [-0.4, -0.2) is 84.9 Å². The molecule has 0 radical (unpaired) electrons. The molecule has 4 N–H and O–H groups in total. The lowest BCUT2D eigenvalue weighted by molar-refractivity contribution is -0.132. The van der Waals surface area contributed by atoms with Crippen LogP contribution in [0.15, 0.2) is 11.6 Å². The van der Waals surface area contributed by atoms with Gasteiger partial charge in [-0.3, -0.25) is 24.9 Å². The monoisotopic (exact) mass is 585 g/mol. The summed E-state index contributed by atoms with van der Waals surface area (Å²) in [5, 5.41) is 12.3. The molecule has 1 aliphatic carbocycles. The number of halogens is 2. The number of aromatic nitrogens is 5. The van der Waals surface area contributed by atoms with Gasteiger partial charge in [0, 0.05) is 62.2 Å². The number of hydrogen-bond donors (Lipinski definition) is 3. The average molecular weight is 586 g/mol. The van der Waals surface area contributed by atoms with Gasteiger partial charge >= 0.3 is 0 Å². The number of carbonyl (C=O) groups is 2. The topological polar surface area (TPSA) is 146 Å². The molecule has 0 unspecified atom stereocenters. The normalized spacial score (nSPS) is 20.3. The molecule has 11 nitrogen and oxygen atoms in total. The van der Waals surface area contributed by atoms with E-state index in [0.717, 1.165) is 24.0 Å². The number of amides is 2. The van der Waals surface area contributed by atoms with Gasteiger partial charge in [-0.2, -0.15) is 5.10 Å². The van der Waals surface area contributed by atoms with Crippen molar-refractivity contribution >= 4 is 34.2 Å². The van der Waals surface area contributed by atoms with Crippen molar-refractivity contribution in [2.75, 3.05) is 37.2 Å². The second kappa shape index (κ2) is 10.4. The number of nitrogens with zero attached hydrogens (tertiary/aromatic N) is 6. The summed E-state index contributed by atoms with van der Waals surface area (Å²) in [5.74, 6) is -2.83. The molecule has 41 heavy (non-hydrogen) atoms. The average Bonchev–Trinajstić information content (AvgIpc) is 3.57. The summed E-state index contributed by atoms with van der Waals surface area (Å²) in [4.78, 5) is 43.2. The van der Waals surface area contributed by atoms with E-state index in [-0.39, 0.29) is 42.9 Å². The molecule has 2 saturated heterocycles. The van der Waals surface area contributed by atoms with Crippen LogP contribution in [0, 0.1) is 0 Å². The van der Waals surface area contributed by atoms with Crippen molar-refractivity contribution in [3.63, 3.8) is 0 Å². The molecule has 3 aromatic rings. The molecular formula is C27H33F2N9O2S. The first kappa shape index (κ1) is 27.6. The van der Waals surface area contributed by atoms with Crippen molar-refractivity contribution in [2.45, 2.75) is 69.8 Å². The summed E-state index contributed by atoms with van der Waals surface area (Å²) in [6.45, 7) is 6.10. The molecule has 3 aromatic heterocycles. The highest BCUT2D eigenvalue weighted by Gasteiger charge is 2.39. The number of rotatable bonds is 5. The van der Waals surface area contributed by atoms with Crippen LogP contribution in [0.4, 0.5) is 19.9 Å². The third kappa shape index (κ3) is 5.54. The Bertz CT molecular complexity index is 1470. The maximum absolute atomic E-state index is 13.5. The van der Waals surface area contributed by atoms with Crippen LogP contribution in [0.5, 0.6) is 0 Å². The number of likely N-dealkylation sites (tertiary alicyclic amines) is 2. The molecule has 5 heterocycles. The minimum absolute atomic E-state index is 0.0279. The van der Waals surface area contributed by atoms with E-state index in [1.54, 1.807) is 11.6 Å². The van der Waals surface area contributed by atoms with E-state index in [4.69, 9.17) is 5.73 Å². The van der Waals surface area contributed by atoms with Gasteiger partial charge in [-0.05, 0) is 30.2 Å². The molecule has 0 saturated carbocycles. The second-order valence-corrected chi connectivity index (χ2v) is 12.6. The van der Waals surface area contributed by atoms with Gasteiger partial charge in [0.2, 0.25) is 11.9 Å². The Morgan fingerprint density at radius 1 is 1.17 bits per heavy atom. The van der Waals surface area contributed by atoms with Crippen LogP contribution in [0.3, 0.4) is 0 Å². The summed E-state index contributed by atoms with van der Waals surface area (Å²) in [7, 11) is 0. The predicted molar refractivity (Wildman–Crippen MR) is 150 cm³/mol. The molecule has 6 rings (SSSR count). The van der Waals surface area contributed by atoms with Crippen LogP contribution in [0.25, 0.3) is 11.4 Å². The van der Waals surface area contributed by atoms with Crippen LogP contribution in [0.1, 0.15) is 66.8 Å². The lowest BCUT2D eigenvalue weighted by Gasteiger charge is -2.41. The van der Waals surface area contributed by atoms with Crippen molar-refractivity contribution in [2.24, 2.45) is 0 Å². The van der Waals surface area contributed by atoms with E-state index < -0.39 is 17.2 Å². The maximum atomic E-state index is 13.5. The molecule has 0 bridgehead atoms. The number of nitrogens with two attached hydrogens (primary N) is 1. The minimum atomic E-state index is -2.55. The first-order valence-electron chi connectivity index (χ1n) is 13.9. The fourth-order valence-electron chi connectivity index (χ4n) is 6.23. The van der Waals surface area contributed by atoms with Crippen LogP contribution in [0.2, 0.25) is 0 Å². The van der Waals surface area contributed by atoms with Crippen molar-refractivity contribution in [3.05, 3.63) is 34.1 Å². The Hall–Kier alpha value is -3.52. The summed E-state index contributed by atoms with van der Waals surface area (Å²) in [6.07, 6.45) is 3.86. The Kier molecular flexibility index (Phi) is 7.00. The third-order valence-electron chi connectivity index (χ3n) is 8.38. The number of nitrogen functional groups attached to an aromatic ring is 1. The molecular weight excluding hydrogens is 552 g/mol. The Balaban J connectivity index is 1.06. The van der Waals surface area contributed by atoms with Gasteiger partial charge in [-0.1, -0.05) is 13.8 Å². The standard InChI is InChI=1S/C27H33F2N9O2S/c1-26(2)12-15-13-31-24(30)33-20(15)21-19(26)22(36-35-21)23(40)34-25-32-16(14-41-25)11-18(39)38-7-3-17(4-8-38)37-9-5-27(28,29)6-10-37/h13-14,17H,3-12H2,1-2H3,(H,35,36)(H2,30,31,33)(H,32,34,40). The molecule has 0 spiro atoms. The Labute approximate surface area is 239 Å². The van der Waals surface area contributed by atoms with Crippen molar-refractivity contribution < 1.29 is 18.4 Å². The predicted octanol–water partition coefficient (Wildman–Crippen LogP) is 3.26. The van der Waals surface area contributed by atoms with E-state index in [1.165, 1.54) is 11.3 Å². The van der Waals surface area contributed by atoms with Crippen LogP contribution in [-0.2, 0) is 23.1 Å². The van der Waals surface area contributed by atoms with Crippen molar-refractivity contribution in [1.29, 1.82) is 0 Å². The zero-order valence-electron chi connectivity index (χ0n) is 23.0. The number of aromatic amines is 1. The summed E-state index contributed by atoms with van der Waals surface area (Å²) >= 11 is 1.25. The van der Waals surface area contributed by atoms with Gasteiger partial charge in [0.15, 0.2) is 10.8 Å². The molecule has 14 heteroatoms. The Morgan fingerprint density at radius 2 is 1.90 bits per heavy atom. The van der Waals surface area contributed by atoms with E-state index >= 15 is 0 Å². The number of fused-ring (bicyclic) bond motifs is 3.